The Labute approximate surface area is 188 Å². The number of nitrogens with zero attached hydrogens (tertiary/aromatic N) is 3. The minimum Gasteiger partial charge on any atom is -0.443 e. The lowest BCUT2D eigenvalue weighted by Gasteiger charge is -2.45. The van der Waals surface area contributed by atoms with Crippen LogP contribution >= 0.6 is 0 Å². The number of ether oxygens (including phenoxy) is 2. The second-order valence-electron chi connectivity index (χ2n) is 9.23. The third-order valence-electron chi connectivity index (χ3n) is 5.78. The lowest BCUT2D eigenvalue weighted by molar-refractivity contribution is -0.0760. The normalized spacial score (nSPS) is 19.0. The molecule has 9 heteroatoms. The zero-order valence-electron chi connectivity index (χ0n) is 19.2. The van der Waals surface area contributed by atoms with Gasteiger partial charge >= 0.3 is 12.2 Å². The lowest BCUT2D eigenvalue weighted by atomic mass is 9.86. The molecule has 2 N–H and O–H groups in total. The highest BCUT2D eigenvalue weighted by atomic mass is 16.6. The van der Waals surface area contributed by atoms with E-state index in [0.29, 0.717) is 50.1 Å². The van der Waals surface area contributed by atoms with E-state index in [9.17, 15) is 14.4 Å². The standard InChI is InChI=1S/C23H32N4O5/c1-5-26-13-10-23(32-21(26)30)11-14-27(15-12-23)19(28)17-8-6-16(7-9-17)18(24)25-20(29)31-22(2,3)4/h6-9H,5,10-15H2,1-4H3,(H2,24,25,29). The fraction of sp³-hybridized carbons (Fsp3) is 0.565. The molecule has 0 bridgehead atoms. The van der Waals surface area contributed by atoms with E-state index in [4.69, 9.17) is 15.2 Å². The zero-order chi connectivity index (χ0) is 23.5. The van der Waals surface area contributed by atoms with E-state index in [0.717, 1.165) is 6.42 Å². The smallest absolute Gasteiger partial charge is 0.436 e. The van der Waals surface area contributed by atoms with Gasteiger partial charge in [0.15, 0.2) is 0 Å². The largest absolute Gasteiger partial charge is 0.443 e. The van der Waals surface area contributed by atoms with E-state index in [-0.39, 0.29) is 17.8 Å². The highest BCUT2D eigenvalue weighted by Gasteiger charge is 2.43. The van der Waals surface area contributed by atoms with Gasteiger partial charge in [-0.3, -0.25) is 4.79 Å². The molecule has 1 aromatic rings. The number of amidine groups is 1. The molecule has 3 rings (SSSR count). The molecule has 32 heavy (non-hydrogen) atoms. The summed E-state index contributed by atoms with van der Waals surface area (Å²) in [6.07, 6.45) is 1.03. The first-order chi connectivity index (χ1) is 15.0. The molecule has 3 amide bonds. The summed E-state index contributed by atoms with van der Waals surface area (Å²) in [5, 5.41) is 0. The number of hydrogen-bond acceptors (Lipinski definition) is 5. The van der Waals surface area contributed by atoms with Crippen LogP contribution in [0, 0.1) is 0 Å². The molecule has 174 valence electrons. The quantitative estimate of drug-likeness (QED) is 0.566. The summed E-state index contributed by atoms with van der Waals surface area (Å²) in [5.74, 6) is -0.0650. The summed E-state index contributed by atoms with van der Waals surface area (Å²) < 4.78 is 10.9. The number of piperidine rings is 1. The predicted molar refractivity (Wildman–Crippen MR) is 120 cm³/mol. The van der Waals surface area contributed by atoms with Crippen molar-refractivity contribution in [3.05, 3.63) is 35.4 Å². The van der Waals surface area contributed by atoms with Crippen LogP contribution in [0.5, 0.6) is 0 Å². The average molecular weight is 445 g/mol. The average Bonchev–Trinajstić information content (AvgIpc) is 2.72. The molecule has 2 heterocycles. The van der Waals surface area contributed by atoms with Gasteiger partial charge in [0, 0.05) is 56.6 Å². The Balaban J connectivity index is 1.59. The van der Waals surface area contributed by atoms with E-state index < -0.39 is 17.3 Å². The van der Waals surface area contributed by atoms with Crippen LogP contribution in [0.2, 0.25) is 0 Å². The fourth-order valence-electron chi connectivity index (χ4n) is 3.90. The minimum absolute atomic E-state index is 0.0263. The molecule has 2 saturated heterocycles. The first-order valence-corrected chi connectivity index (χ1v) is 11.0. The summed E-state index contributed by atoms with van der Waals surface area (Å²) in [6, 6.07) is 6.65. The van der Waals surface area contributed by atoms with Gasteiger partial charge in [0.2, 0.25) is 0 Å². The van der Waals surface area contributed by atoms with Crippen LogP contribution in [-0.2, 0) is 9.47 Å². The van der Waals surface area contributed by atoms with Gasteiger partial charge < -0.3 is 25.0 Å². The van der Waals surface area contributed by atoms with Crippen molar-refractivity contribution in [3.8, 4) is 0 Å². The Morgan fingerprint density at radius 2 is 1.66 bits per heavy atom. The number of rotatable bonds is 3. The minimum atomic E-state index is -0.761. The Morgan fingerprint density at radius 3 is 2.19 bits per heavy atom. The summed E-state index contributed by atoms with van der Waals surface area (Å²) >= 11 is 0. The molecule has 1 aromatic carbocycles. The number of hydrogen-bond donors (Lipinski definition) is 1. The molecule has 2 aliphatic heterocycles. The number of likely N-dealkylation sites (tertiary alicyclic amines) is 1. The van der Waals surface area contributed by atoms with E-state index >= 15 is 0 Å². The third kappa shape index (κ3) is 5.57. The molecular formula is C23H32N4O5. The van der Waals surface area contributed by atoms with Gasteiger partial charge in [-0.1, -0.05) is 12.1 Å². The Hall–Kier alpha value is -3.10. The van der Waals surface area contributed by atoms with Crippen molar-refractivity contribution >= 4 is 23.9 Å². The molecule has 1 spiro atoms. The van der Waals surface area contributed by atoms with Crippen LogP contribution in [0.15, 0.2) is 29.3 Å². The molecule has 2 fully saturated rings. The van der Waals surface area contributed by atoms with E-state index in [1.54, 1.807) is 54.8 Å². The van der Waals surface area contributed by atoms with Crippen molar-refractivity contribution < 1.29 is 23.9 Å². The molecular weight excluding hydrogens is 412 g/mol. The fourth-order valence-corrected chi connectivity index (χ4v) is 3.90. The molecule has 0 saturated carbocycles. The molecule has 0 aliphatic carbocycles. The Kier molecular flexibility index (Phi) is 6.76. The van der Waals surface area contributed by atoms with Crippen LogP contribution in [-0.4, -0.2) is 71.1 Å². The van der Waals surface area contributed by atoms with Crippen molar-refractivity contribution in [2.45, 2.75) is 58.2 Å². The number of carbonyl (C=O) groups is 3. The maximum atomic E-state index is 12.9. The first-order valence-electron chi connectivity index (χ1n) is 11.0. The topological polar surface area (TPSA) is 115 Å². The highest BCUT2D eigenvalue weighted by Crippen LogP contribution is 2.34. The maximum absolute atomic E-state index is 12.9. The summed E-state index contributed by atoms with van der Waals surface area (Å²) in [6.45, 7) is 9.57. The van der Waals surface area contributed by atoms with Gasteiger partial charge in [-0.05, 0) is 39.8 Å². The maximum Gasteiger partial charge on any atom is 0.436 e. The van der Waals surface area contributed by atoms with Crippen LogP contribution in [0.3, 0.4) is 0 Å². The van der Waals surface area contributed by atoms with Crippen LogP contribution < -0.4 is 5.73 Å². The van der Waals surface area contributed by atoms with Gasteiger partial charge in [0.1, 0.15) is 17.0 Å². The summed E-state index contributed by atoms with van der Waals surface area (Å²) in [4.78, 5) is 44.1. The second-order valence-corrected chi connectivity index (χ2v) is 9.23. The van der Waals surface area contributed by atoms with Gasteiger partial charge in [0.05, 0.1) is 0 Å². The van der Waals surface area contributed by atoms with Crippen LogP contribution in [0.25, 0.3) is 0 Å². The van der Waals surface area contributed by atoms with E-state index in [1.165, 1.54) is 0 Å². The predicted octanol–water partition coefficient (Wildman–Crippen LogP) is 3.16. The Bertz CT molecular complexity index is 896. The van der Waals surface area contributed by atoms with Crippen molar-refractivity contribution in [3.63, 3.8) is 0 Å². The number of amides is 3. The number of aliphatic imine (C=N–C) groups is 1. The second kappa shape index (κ2) is 9.18. The van der Waals surface area contributed by atoms with Crippen molar-refractivity contribution in [1.82, 2.24) is 9.80 Å². The van der Waals surface area contributed by atoms with Gasteiger partial charge in [-0.15, -0.1) is 0 Å². The number of nitrogens with two attached hydrogens (primary N) is 1. The van der Waals surface area contributed by atoms with Crippen molar-refractivity contribution in [1.29, 1.82) is 0 Å². The highest BCUT2D eigenvalue weighted by molar-refractivity contribution is 6.03. The summed E-state index contributed by atoms with van der Waals surface area (Å²) in [7, 11) is 0. The van der Waals surface area contributed by atoms with Crippen LogP contribution in [0.4, 0.5) is 9.59 Å². The van der Waals surface area contributed by atoms with E-state index in [2.05, 4.69) is 4.99 Å². The Morgan fingerprint density at radius 1 is 1.09 bits per heavy atom. The molecule has 9 nitrogen and oxygen atoms in total. The molecule has 0 radical (unpaired) electrons. The third-order valence-corrected chi connectivity index (χ3v) is 5.78. The SMILES string of the molecule is CCN1CCC2(CCN(C(=O)c3ccc(C(N)=NC(=O)OC(C)(C)C)cc3)CC2)OC1=O. The molecule has 0 unspecified atom stereocenters. The van der Waals surface area contributed by atoms with E-state index in [1.807, 2.05) is 6.92 Å². The van der Waals surface area contributed by atoms with Crippen molar-refractivity contribution in [2.24, 2.45) is 10.7 Å². The molecule has 0 aromatic heterocycles. The lowest BCUT2D eigenvalue weighted by Crippen LogP contribution is -2.55. The molecule has 2 aliphatic rings. The van der Waals surface area contributed by atoms with Gasteiger partial charge in [0.25, 0.3) is 5.91 Å². The zero-order valence-corrected chi connectivity index (χ0v) is 19.2. The van der Waals surface area contributed by atoms with Gasteiger partial charge in [-0.25, -0.2) is 9.59 Å². The molecule has 0 atom stereocenters. The van der Waals surface area contributed by atoms with Crippen molar-refractivity contribution in [2.75, 3.05) is 26.2 Å². The number of benzene rings is 1. The van der Waals surface area contributed by atoms with Crippen LogP contribution in [0.1, 0.15) is 62.9 Å². The van der Waals surface area contributed by atoms with Gasteiger partial charge in [-0.2, -0.15) is 4.99 Å². The monoisotopic (exact) mass is 444 g/mol. The summed E-state index contributed by atoms with van der Waals surface area (Å²) in [5.41, 5.74) is 5.83. The first kappa shape index (κ1) is 23.6. The number of carbonyl (C=O) groups excluding carboxylic acids is 3.